The third-order valence-electron chi connectivity index (χ3n) is 1.62. The fraction of sp³-hybridized carbons (Fsp3) is 0.125. The summed E-state index contributed by atoms with van der Waals surface area (Å²) >= 11 is 2.78. The van der Waals surface area contributed by atoms with Gasteiger partial charge in [-0.1, -0.05) is 0 Å². The highest BCUT2D eigenvalue weighted by molar-refractivity contribution is 9.10. The first-order chi connectivity index (χ1) is 6.91. The Balaban J connectivity index is 3.23. The number of nitrogens with zero attached hydrogens (tertiary/aromatic N) is 1. The van der Waals surface area contributed by atoms with E-state index < -0.39 is 22.4 Å². The van der Waals surface area contributed by atoms with Crippen LogP contribution in [0.5, 0.6) is 0 Å². The molecule has 0 aromatic heterocycles. The summed E-state index contributed by atoms with van der Waals surface area (Å²) in [5.41, 5.74) is -0.567. The van der Waals surface area contributed by atoms with Crippen molar-refractivity contribution in [1.29, 1.82) is 0 Å². The van der Waals surface area contributed by atoms with Crippen LogP contribution in [0.2, 0.25) is 0 Å². The Kier molecular flexibility index (Phi) is 3.35. The molecule has 1 aromatic rings. The third-order valence-corrected chi connectivity index (χ3v) is 2.20. The van der Waals surface area contributed by atoms with Crippen LogP contribution in [0, 0.1) is 15.9 Å². The summed E-state index contributed by atoms with van der Waals surface area (Å²) in [6.45, 7) is 0. The minimum atomic E-state index is -1.14. The Labute approximate surface area is 91.8 Å². The first-order valence-electron chi connectivity index (χ1n) is 3.76. The van der Waals surface area contributed by atoms with E-state index in [1.165, 1.54) is 6.07 Å². The maximum Gasteiger partial charge on any atom is 0.307 e. The lowest BCUT2D eigenvalue weighted by Crippen LogP contribution is -2.02. The summed E-state index contributed by atoms with van der Waals surface area (Å²) in [6, 6.07) is 2.12. The second-order valence-electron chi connectivity index (χ2n) is 2.74. The molecule has 0 spiro atoms. The van der Waals surface area contributed by atoms with Gasteiger partial charge in [-0.05, 0) is 27.6 Å². The number of carboxylic acids is 1. The molecular weight excluding hydrogens is 273 g/mol. The Morgan fingerprint density at radius 3 is 2.67 bits per heavy atom. The first kappa shape index (κ1) is 11.6. The van der Waals surface area contributed by atoms with E-state index >= 15 is 0 Å². The molecule has 0 amide bonds. The van der Waals surface area contributed by atoms with Gasteiger partial charge in [0.15, 0.2) is 0 Å². The monoisotopic (exact) mass is 277 g/mol. The minimum absolute atomic E-state index is 0.118. The molecule has 1 rings (SSSR count). The fourth-order valence-corrected chi connectivity index (χ4v) is 1.54. The lowest BCUT2D eigenvalue weighted by Gasteiger charge is -2.01. The molecule has 0 radical (unpaired) electrons. The molecule has 0 bridgehead atoms. The summed E-state index contributed by atoms with van der Waals surface area (Å²) in [5, 5.41) is 18.9. The maximum absolute atomic E-state index is 13.1. The van der Waals surface area contributed by atoms with Crippen molar-refractivity contribution in [2.45, 2.75) is 6.42 Å². The van der Waals surface area contributed by atoms with Gasteiger partial charge >= 0.3 is 11.7 Å². The molecule has 0 aliphatic carbocycles. The number of rotatable bonds is 3. The van der Waals surface area contributed by atoms with E-state index in [1.807, 2.05) is 0 Å². The zero-order valence-corrected chi connectivity index (χ0v) is 8.82. The van der Waals surface area contributed by atoms with Gasteiger partial charge in [0.05, 0.1) is 15.8 Å². The van der Waals surface area contributed by atoms with Crippen LogP contribution in [0.25, 0.3) is 0 Å². The number of aliphatic carboxylic acids is 1. The Hall–Kier alpha value is -1.50. The number of hydrogen-bond acceptors (Lipinski definition) is 3. The van der Waals surface area contributed by atoms with Crippen molar-refractivity contribution >= 4 is 27.6 Å². The van der Waals surface area contributed by atoms with Crippen LogP contribution in [0.3, 0.4) is 0 Å². The van der Waals surface area contributed by atoms with Gasteiger partial charge < -0.3 is 5.11 Å². The van der Waals surface area contributed by atoms with Crippen molar-refractivity contribution in [3.8, 4) is 0 Å². The molecule has 1 N–H and O–H groups in total. The van der Waals surface area contributed by atoms with Gasteiger partial charge in [-0.2, -0.15) is 4.39 Å². The third kappa shape index (κ3) is 2.72. The number of hydrogen-bond donors (Lipinski definition) is 1. The summed E-state index contributed by atoms with van der Waals surface area (Å²) in [6.07, 6.45) is -0.389. The molecule has 0 saturated heterocycles. The van der Waals surface area contributed by atoms with E-state index in [2.05, 4.69) is 15.9 Å². The van der Waals surface area contributed by atoms with Crippen LogP contribution in [0.1, 0.15) is 5.56 Å². The molecule has 0 heterocycles. The second-order valence-corrected chi connectivity index (χ2v) is 3.59. The van der Waals surface area contributed by atoms with Crippen molar-refractivity contribution in [3.63, 3.8) is 0 Å². The molecule has 80 valence electrons. The molecule has 0 unspecified atom stereocenters. The predicted molar refractivity (Wildman–Crippen MR) is 52.1 cm³/mol. The molecule has 0 atom stereocenters. The molecule has 1 aromatic carbocycles. The van der Waals surface area contributed by atoms with Gasteiger partial charge in [0, 0.05) is 6.07 Å². The van der Waals surface area contributed by atoms with Gasteiger partial charge in [0.1, 0.15) is 0 Å². The highest BCUT2D eigenvalue weighted by Gasteiger charge is 2.19. The number of nitro groups is 1. The highest BCUT2D eigenvalue weighted by atomic mass is 79.9. The zero-order chi connectivity index (χ0) is 11.6. The summed E-state index contributed by atoms with van der Waals surface area (Å²) in [4.78, 5) is 19.9. The van der Waals surface area contributed by atoms with E-state index in [1.54, 1.807) is 0 Å². The van der Waals surface area contributed by atoms with E-state index in [-0.39, 0.29) is 16.5 Å². The van der Waals surface area contributed by atoms with Crippen molar-refractivity contribution in [1.82, 2.24) is 0 Å². The van der Waals surface area contributed by atoms with Crippen LogP contribution < -0.4 is 0 Å². The number of carbonyl (C=O) groups is 1. The van der Waals surface area contributed by atoms with Crippen molar-refractivity contribution in [2.24, 2.45) is 0 Å². The fourth-order valence-electron chi connectivity index (χ4n) is 1.04. The Bertz CT molecular complexity index is 435. The van der Waals surface area contributed by atoms with E-state index in [0.29, 0.717) is 0 Å². The first-order valence-corrected chi connectivity index (χ1v) is 4.55. The molecule has 7 heteroatoms. The molecule has 0 saturated carbocycles. The average Bonchev–Trinajstić information content (AvgIpc) is 2.09. The second kappa shape index (κ2) is 4.35. The van der Waals surface area contributed by atoms with E-state index in [4.69, 9.17) is 5.11 Å². The lowest BCUT2D eigenvalue weighted by atomic mass is 10.1. The van der Waals surface area contributed by atoms with E-state index in [9.17, 15) is 19.3 Å². The van der Waals surface area contributed by atoms with Crippen LogP contribution in [0.4, 0.5) is 10.1 Å². The van der Waals surface area contributed by atoms with Gasteiger partial charge in [-0.3, -0.25) is 14.9 Å². The standard InChI is InChI=1S/C8H5BrFNO4/c9-5-1-4(3-7(12)13)2-6(8(5)10)11(14)15/h1-2H,3H2,(H,12,13). The number of carboxylic acid groups (broad SMARTS) is 1. The number of benzene rings is 1. The normalized spacial score (nSPS) is 10.0. The number of halogens is 2. The summed E-state index contributed by atoms with van der Waals surface area (Å²) in [5.74, 6) is -2.14. The Morgan fingerprint density at radius 2 is 2.20 bits per heavy atom. The quantitative estimate of drug-likeness (QED) is 0.678. The molecule has 0 aliphatic heterocycles. The SMILES string of the molecule is O=C(O)Cc1cc(Br)c(F)c([N+](=O)[O-])c1. The van der Waals surface area contributed by atoms with Crippen LogP contribution in [-0.2, 0) is 11.2 Å². The van der Waals surface area contributed by atoms with E-state index in [0.717, 1.165) is 6.07 Å². The minimum Gasteiger partial charge on any atom is -0.481 e. The van der Waals surface area contributed by atoms with Gasteiger partial charge in [-0.15, -0.1) is 0 Å². The predicted octanol–water partition coefficient (Wildman–Crippen LogP) is 2.12. The smallest absolute Gasteiger partial charge is 0.307 e. The van der Waals surface area contributed by atoms with Crippen molar-refractivity contribution < 1.29 is 19.2 Å². The lowest BCUT2D eigenvalue weighted by molar-refractivity contribution is -0.387. The van der Waals surface area contributed by atoms with Crippen LogP contribution in [-0.4, -0.2) is 16.0 Å². The van der Waals surface area contributed by atoms with Gasteiger partial charge in [0.2, 0.25) is 5.82 Å². The largest absolute Gasteiger partial charge is 0.481 e. The topological polar surface area (TPSA) is 80.4 Å². The molecule has 15 heavy (non-hydrogen) atoms. The maximum atomic E-state index is 13.1. The zero-order valence-electron chi connectivity index (χ0n) is 7.24. The highest BCUT2D eigenvalue weighted by Crippen LogP contribution is 2.27. The average molecular weight is 278 g/mol. The van der Waals surface area contributed by atoms with Gasteiger partial charge in [-0.25, -0.2) is 0 Å². The van der Waals surface area contributed by atoms with Crippen molar-refractivity contribution in [2.75, 3.05) is 0 Å². The molecule has 5 nitrogen and oxygen atoms in total. The molecule has 0 aliphatic rings. The summed E-state index contributed by atoms with van der Waals surface area (Å²) < 4.78 is 13.0. The number of nitro benzene ring substituents is 1. The van der Waals surface area contributed by atoms with Crippen LogP contribution in [0.15, 0.2) is 16.6 Å². The van der Waals surface area contributed by atoms with Crippen molar-refractivity contribution in [3.05, 3.63) is 38.1 Å². The Morgan fingerprint density at radius 1 is 1.60 bits per heavy atom. The molecular formula is C8H5BrFNO4. The van der Waals surface area contributed by atoms with Gasteiger partial charge in [0.25, 0.3) is 0 Å². The summed E-state index contributed by atoms with van der Waals surface area (Å²) in [7, 11) is 0. The van der Waals surface area contributed by atoms with Crippen LogP contribution >= 0.6 is 15.9 Å². The molecule has 0 fully saturated rings.